The Morgan fingerprint density at radius 2 is 2.00 bits per heavy atom. The van der Waals surface area contributed by atoms with Crippen LogP contribution in [0.4, 0.5) is 5.69 Å². The van der Waals surface area contributed by atoms with Gasteiger partial charge in [0.05, 0.1) is 23.3 Å². The van der Waals surface area contributed by atoms with Crippen LogP contribution in [0.1, 0.15) is 18.2 Å². The van der Waals surface area contributed by atoms with Crippen LogP contribution in [0.2, 0.25) is 0 Å². The molecule has 2 rings (SSSR count). The summed E-state index contributed by atoms with van der Waals surface area (Å²) < 4.78 is 1.98. The summed E-state index contributed by atoms with van der Waals surface area (Å²) in [6, 6.07) is 8.38. The summed E-state index contributed by atoms with van der Waals surface area (Å²) in [6.07, 6.45) is 2.80. The summed E-state index contributed by atoms with van der Waals surface area (Å²) in [6.45, 7) is 5.61. The Balaban J connectivity index is 2.33. The van der Waals surface area contributed by atoms with Crippen LogP contribution in [0.5, 0.6) is 0 Å². The van der Waals surface area contributed by atoms with Gasteiger partial charge in [-0.3, -0.25) is 0 Å². The summed E-state index contributed by atoms with van der Waals surface area (Å²) in [4.78, 5) is 0. The highest BCUT2D eigenvalue weighted by Crippen LogP contribution is 2.20. The fourth-order valence-electron chi connectivity index (χ4n) is 1.98. The van der Waals surface area contributed by atoms with Gasteiger partial charge in [0.15, 0.2) is 0 Å². The van der Waals surface area contributed by atoms with E-state index in [0.717, 1.165) is 24.3 Å². The Bertz CT molecular complexity index is 499. The third-order valence-electron chi connectivity index (χ3n) is 2.94. The van der Waals surface area contributed by atoms with E-state index in [0.29, 0.717) is 6.54 Å². The predicted molar refractivity (Wildman–Crippen MR) is 75.2 cm³/mol. The summed E-state index contributed by atoms with van der Waals surface area (Å²) in [7, 11) is 0. The van der Waals surface area contributed by atoms with Gasteiger partial charge in [0.2, 0.25) is 0 Å². The molecule has 0 unspecified atom stereocenters. The van der Waals surface area contributed by atoms with Crippen molar-refractivity contribution in [2.45, 2.75) is 20.3 Å². The van der Waals surface area contributed by atoms with Gasteiger partial charge in [-0.05, 0) is 25.5 Å². The molecule has 0 bridgehead atoms. The Morgan fingerprint density at radius 3 is 2.61 bits per heavy atom. The lowest BCUT2D eigenvalue weighted by Crippen LogP contribution is -2.14. The molecule has 0 saturated carbocycles. The van der Waals surface area contributed by atoms with E-state index in [1.807, 2.05) is 10.9 Å². The van der Waals surface area contributed by atoms with Crippen LogP contribution in [-0.4, -0.2) is 22.9 Å². The van der Waals surface area contributed by atoms with Crippen molar-refractivity contribution < 1.29 is 0 Å². The molecule has 1 aromatic heterocycles. The molecule has 96 valence electrons. The highest BCUT2D eigenvalue weighted by Gasteiger charge is 2.09. The highest BCUT2D eigenvalue weighted by molar-refractivity contribution is 5.50. The van der Waals surface area contributed by atoms with Crippen molar-refractivity contribution in [2.24, 2.45) is 5.73 Å². The molecule has 2 aromatic rings. The number of anilines is 1. The van der Waals surface area contributed by atoms with E-state index in [1.165, 1.54) is 11.3 Å². The lowest BCUT2D eigenvalue weighted by atomic mass is 10.2. The van der Waals surface area contributed by atoms with Crippen molar-refractivity contribution in [1.82, 2.24) is 9.78 Å². The summed E-state index contributed by atoms with van der Waals surface area (Å²) in [5.41, 5.74) is 10.1. The molecule has 0 amide bonds. The molecule has 1 aromatic carbocycles. The number of nitrogens with one attached hydrogen (secondary N) is 1. The molecule has 0 spiro atoms. The first kappa shape index (κ1) is 12.6. The second-order valence-corrected chi connectivity index (χ2v) is 4.32. The Kier molecular flexibility index (Phi) is 3.99. The maximum Gasteiger partial charge on any atom is 0.0764 e. The molecule has 0 aliphatic carbocycles. The first-order valence-corrected chi connectivity index (χ1v) is 6.34. The van der Waals surface area contributed by atoms with E-state index >= 15 is 0 Å². The van der Waals surface area contributed by atoms with Gasteiger partial charge in [-0.25, -0.2) is 4.68 Å². The van der Waals surface area contributed by atoms with Gasteiger partial charge >= 0.3 is 0 Å². The van der Waals surface area contributed by atoms with Crippen LogP contribution < -0.4 is 11.1 Å². The highest BCUT2D eigenvalue weighted by atomic mass is 15.3. The summed E-state index contributed by atoms with van der Waals surface area (Å²) in [5, 5.41) is 7.76. The normalized spacial score (nSPS) is 10.6. The number of benzene rings is 1. The zero-order valence-electron chi connectivity index (χ0n) is 11.0. The number of aromatic nitrogens is 2. The summed E-state index contributed by atoms with van der Waals surface area (Å²) >= 11 is 0. The summed E-state index contributed by atoms with van der Waals surface area (Å²) in [5.74, 6) is 0. The van der Waals surface area contributed by atoms with Crippen LogP contribution in [0.15, 0.2) is 30.5 Å². The van der Waals surface area contributed by atoms with Gasteiger partial charge in [0.1, 0.15) is 0 Å². The molecular weight excluding hydrogens is 224 g/mol. The smallest absolute Gasteiger partial charge is 0.0764 e. The quantitative estimate of drug-likeness (QED) is 0.847. The third kappa shape index (κ3) is 2.54. The van der Waals surface area contributed by atoms with E-state index in [-0.39, 0.29) is 0 Å². The maximum absolute atomic E-state index is 5.51. The number of hydrogen-bond donors (Lipinski definition) is 2. The third-order valence-corrected chi connectivity index (χ3v) is 2.94. The van der Waals surface area contributed by atoms with Crippen molar-refractivity contribution in [3.63, 3.8) is 0 Å². The Labute approximate surface area is 108 Å². The van der Waals surface area contributed by atoms with E-state index in [9.17, 15) is 0 Å². The first-order valence-electron chi connectivity index (χ1n) is 6.34. The molecule has 0 saturated heterocycles. The number of hydrogen-bond acceptors (Lipinski definition) is 3. The molecule has 0 radical (unpaired) electrons. The van der Waals surface area contributed by atoms with Crippen molar-refractivity contribution in [1.29, 1.82) is 0 Å². The average molecular weight is 244 g/mol. The first-order chi connectivity index (χ1) is 8.76. The largest absolute Gasteiger partial charge is 0.381 e. The molecule has 4 nitrogen and oxygen atoms in total. The fourth-order valence-corrected chi connectivity index (χ4v) is 1.98. The topological polar surface area (TPSA) is 55.9 Å². The van der Waals surface area contributed by atoms with Gasteiger partial charge in [0.25, 0.3) is 0 Å². The number of aryl methyl sites for hydroxylation is 1. The SMILES string of the molecule is CCc1c(NCCN)cnn1-c1ccc(C)cc1. The van der Waals surface area contributed by atoms with Gasteiger partial charge in [-0.1, -0.05) is 24.6 Å². The monoisotopic (exact) mass is 244 g/mol. The lowest BCUT2D eigenvalue weighted by Gasteiger charge is -2.09. The number of nitrogens with zero attached hydrogens (tertiary/aromatic N) is 2. The van der Waals surface area contributed by atoms with Gasteiger partial charge < -0.3 is 11.1 Å². The van der Waals surface area contributed by atoms with Crippen LogP contribution >= 0.6 is 0 Å². The molecule has 0 fully saturated rings. The van der Waals surface area contributed by atoms with E-state index in [1.54, 1.807) is 0 Å². The van der Waals surface area contributed by atoms with E-state index in [4.69, 9.17) is 5.73 Å². The van der Waals surface area contributed by atoms with E-state index in [2.05, 4.69) is 48.5 Å². The minimum Gasteiger partial charge on any atom is -0.381 e. The Morgan fingerprint density at radius 1 is 1.28 bits per heavy atom. The minimum atomic E-state index is 0.624. The Hall–Kier alpha value is -1.81. The van der Waals surface area contributed by atoms with Crippen LogP contribution in [0, 0.1) is 6.92 Å². The minimum absolute atomic E-state index is 0.624. The molecule has 4 heteroatoms. The number of nitrogens with two attached hydrogens (primary N) is 1. The van der Waals surface area contributed by atoms with Crippen LogP contribution in [0.3, 0.4) is 0 Å². The standard InChI is InChI=1S/C14H20N4/c1-3-14-13(16-9-8-15)10-17-18(14)12-6-4-11(2)5-7-12/h4-7,10,16H,3,8-9,15H2,1-2H3. The van der Waals surface area contributed by atoms with Gasteiger partial charge in [-0.15, -0.1) is 0 Å². The van der Waals surface area contributed by atoms with Gasteiger partial charge in [0, 0.05) is 13.1 Å². The predicted octanol–water partition coefficient (Wildman–Crippen LogP) is 2.11. The van der Waals surface area contributed by atoms with Crippen molar-refractivity contribution >= 4 is 5.69 Å². The van der Waals surface area contributed by atoms with Gasteiger partial charge in [-0.2, -0.15) is 5.10 Å². The maximum atomic E-state index is 5.51. The molecule has 18 heavy (non-hydrogen) atoms. The van der Waals surface area contributed by atoms with Crippen LogP contribution in [-0.2, 0) is 6.42 Å². The van der Waals surface area contributed by atoms with Crippen molar-refractivity contribution in [2.75, 3.05) is 18.4 Å². The molecule has 3 N–H and O–H groups in total. The zero-order chi connectivity index (χ0) is 13.0. The molecular formula is C14H20N4. The molecule has 0 aliphatic rings. The fraction of sp³-hybridized carbons (Fsp3) is 0.357. The second kappa shape index (κ2) is 5.69. The number of rotatable bonds is 5. The zero-order valence-corrected chi connectivity index (χ0v) is 11.0. The van der Waals surface area contributed by atoms with E-state index < -0.39 is 0 Å². The van der Waals surface area contributed by atoms with Crippen molar-refractivity contribution in [3.8, 4) is 5.69 Å². The molecule has 0 aliphatic heterocycles. The van der Waals surface area contributed by atoms with Crippen molar-refractivity contribution in [3.05, 3.63) is 41.7 Å². The van der Waals surface area contributed by atoms with Crippen LogP contribution in [0.25, 0.3) is 5.69 Å². The lowest BCUT2D eigenvalue weighted by molar-refractivity contribution is 0.813. The average Bonchev–Trinajstić information content (AvgIpc) is 2.80. The second-order valence-electron chi connectivity index (χ2n) is 4.32. The molecule has 1 heterocycles. The molecule has 0 atom stereocenters.